The van der Waals surface area contributed by atoms with Gasteiger partial charge in [-0.05, 0) is 68.0 Å². The van der Waals surface area contributed by atoms with Crippen LogP contribution in [0.25, 0.3) is 0 Å². The number of amides is 1. The number of carbonyl (C=O) groups excluding carboxylic acids is 1. The molecule has 0 aliphatic carbocycles. The molecule has 0 saturated carbocycles. The number of sulfonamides is 1. The molecular weight excluding hydrogens is 376 g/mol. The molecule has 1 aliphatic heterocycles. The fourth-order valence-electron chi connectivity index (χ4n) is 3.50. The summed E-state index contributed by atoms with van der Waals surface area (Å²) in [5, 5.41) is 9.37. The van der Waals surface area contributed by atoms with Gasteiger partial charge in [0.05, 0.1) is 4.90 Å². The average Bonchev–Trinajstić information content (AvgIpc) is 2.69. The summed E-state index contributed by atoms with van der Waals surface area (Å²) in [6.07, 6.45) is 1.77. The van der Waals surface area contributed by atoms with Crippen molar-refractivity contribution >= 4 is 21.6 Å². The molecule has 0 bridgehead atoms. The molecule has 1 amide bonds. The van der Waals surface area contributed by atoms with E-state index in [1.807, 2.05) is 13.0 Å². The number of carbonyl (C=O) groups is 1. The number of likely N-dealkylation sites (tertiary alicyclic amines) is 1. The third-order valence-electron chi connectivity index (χ3n) is 5.06. The van der Waals surface area contributed by atoms with Crippen molar-refractivity contribution in [3.63, 3.8) is 0 Å². The topological polar surface area (TPSA) is 86.7 Å². The number of benzene rings is 2. The number of rotatable bonds is 5. The van der Waals surface area contributed by atoms with Crippen LogP contribution in [-0.2, 0) is 10.0 Å². The molecule has 0 radical (unpaired) electrons. The molecule has 1 heterocycles. The van der Waals surface area contributed by atoms with Gasteiger partial charge >= 0.3 is 0 Å². The lowest BCUT2D eigenvalue weighted by molar-refractivity contribution is 0.0620. The van der Waals surface area contributed by atoms with E-state index in [4.69, 9.17) is 0 Å². The summed E-state index contributed by atoms with van der Waals surface area (Å²) in [6, 6.07) is 11.8. The van der Waals surface area contributed by atoms with Gasteiger partial charge in [0, 0.05) is 30.9 Å². The maximum absolute atomic E-state index is 12.8. The number of nitrogens with zero attached hydrogens (tertiary/aromatic N) is 1. The van der Waals surface area contributed by atoms with Crippen molar-refractivity contribution in [1.82, 2.24) is 4.90 Å². The molecule has 28 heavy (non-hydrogen) atoms. The van der Waals surface area contributed by atoms with Crippen molar-refractivity contribution < 1.29 is 18.3 Å². The van der Waals surface area contributed by atoms with Crippen molar-refractivity contribution in [2.24, 2.45) is 5.92 Å². The molecular formula is C21H26N2O4S. The van der Waals surface area contributed by atoms with Gasteiger partial charge in [-0.25, -0.2) is 8.42 Å². The Morgan fingerprint density at radius 3 is 2.75 bits per heavy atom. The number of aryl methyl sites for hydroxylation is 2. The van der Waals surface area contributed by atoms with Crippen molar-refractivity contribution in [3.05, 3.63) is 59.2 Å². The Morgan fingerprint density at radius 1 is 1.21 bits per heavy atom. The van der Waals surface area contributed by atoms with Gasteiger partial charge in [-0.15, -0.1) is 0 Å². The second-order valence-corrected chi connectivity index (χ2v) is 9.05. The van der Waals surface area contributed by atoms with Crippen LogP contribution in [0.3, 0.4) is 0 Å². The predicted octanol–water partition coefficient (Wildman–Crippen LogP) is 2.95. The zero-order valence-electron chi connectivity index (χ0n) is 16.2. The highest BCUT2D eigenvalue weighted by atomic mass is 32.2. The lowest BCUT2D eigenvalue weighted by atomic mass is 9.98. The maximum atomic E-state index is 12.8. The first-order chi connectivity index (χ1) is 13.3. The minimum absolute atomic E-state index is 0.0689. The predicted molar refractivity (Wildman–Crippen MR) is 109 cm³/mol. The van der Waals surface area contributed by atoms with Gasteiger partial charge in [0.2, 0.25) is 0 Å². The molecule has 3 rings (SSSR count). The molecule has 1 atom stereocenters. The first-order valence-corrected chi connectivity index (χ1v) is 10.9. The third kappa shape index (κ3) is 4.54. The van der Waals surface area contributed by atoms with E-state index in [1.165, 1.54) is 0 Å². The van der Waals surface area contributed by atoms with Crippen LogP contribution >= 0.6 is 0 Å². The van der Waals surface area contributed by atoms with E-state index in [0.717, 1.165) is 18.4 Å². The third-order valence-corrected chi connectivity index (χ3v) is 6.58. The Bertz CT molecular complexity index is 972. The van der Waals surface area contributed by atoms with Crippen LogP contribution in [0.2, 0.25) is 0 Å². The van der Waals surface area contributed by atoms with Gasteiger partial charge < -0.3 is 10.0 Å². The zero-order chi connectivity index (χ0) is 20.3. The molecule has 0 aromatic heterocycles. The van der Waals surface area contributed by atoms with Gasteiger partial charge in [0.1, 0.15) is 0 Å². The Hall–Kier alpha value is -2.38. The van der Waals surface area contributed by atoms with Crippen LogP contribution in [-0.4, -0.2) is 44.0 Å². The average molecular weight is 403 g/mol. The van der Waals surface area contributed by atoms with Crippen LogP contribution in [0.1, 0.15) is 34.3 Å². The van der Waals surface area contributed by atoms with Gasteiger partial charge in [0.15, 0.2) is 0 Å². The molecule has 2 aromatic rings. The number of hydrogen-bond acceptors (Lipinski definition) is 4. The molecule has 2 N–H and O–H groups in total. The quantitative estimate of drug-likeness (QED) is 0.805. The molecule has 0 spiro atoms. The minimum atomic E-state index is -3.75. The Balaban J connectivity index is 1.81. The Kier molecular flexibility index (Phi) is 6.05. The SMILES string of the molecule is Cc1ccc(C)c(S(=O)(=O)Nc2cccc(C(=O)N3CCCC(CO)C3)c2)c1. The van der Waals surface area contributed by atoms with Crippen LogP contribution in [0.5, 0.6) is 0 Å². The lowest BCUT2D eigenvalue weighted by Crippen LogP contribution is -2.40. The van der Waals surface area contributed by atoms with Gasteiger partial charge in [-0.1, -0.05) is 18.2 Å². The molecule has 1 fully saturated rings. The summed E-state index contributed by atoms with van der Waals surface area (Å²) in [7, 11) is -3.75. The second kappa shape index (κ2) is 8.32. The van der Waals surface area contributed by atoms with Crippen LogP contribution in [0, 0.1) is 19.8 Å². The van der Waals surface area contributed by atoms with Crippen molar-refractivity contribution in [3.8, 4) is 0 Å². The van der Waals surface area contributed by atoms with E-state index in [9.17, 15) is 18.3 Å². The molecule has 6 nitrogen and oxygen atoms in total. The van der Waals surface area contributed by atoms with Crippen LogP contribution in [0.15, 0.2) is 47.4 Å². The summed E-state index contributed by atoms with van der Waals surface area (Å²) in [5.41, 5.74) is 2.30. The van der Waals surface area contributed by atoms with E-state index in [1.54, 1.807) is 48.2 Å². The fraction of sp³-hybridized carbons (Fsp3) is 0.381. The number of nitrogens with one attached hydrogen (secondary N) is 1. The van der Waals surface area contributed by atoms with Gasteiger partial charge in [-0.3, -0.25) is 9.52 Å². The number of hydrogen-bond donors (Lipinski definition) is 2. The molecule has 150 valence electrons. The van der Waals surface area contributed by atoms with Crippen molar-refractivity contribution in [1.29, 1.82) is 0 Å². The number of anilines is 1. The standard InChI is InChI=1S/C21H26N2O4S/c1-15-8-9-16(2)20(11-15)28(26,27)22-19-7-3-6-18(12-19)21(25)23-10-4-5-17(13-23)14-24/h3,6-9,11-12,17,22,24H,4-5,10,13-14H2,1-2H3. The van der Waals surface area contributed by atoms with E-state index < -0.39 is 10.0 Å². The Labute approximate surface area is 166 Å². The molecule has 2 aromatic carbocycles. The van der Waals surface area contributed by atoms with Crippen LogP contribution < -0.4 is 4.72 Å². The molecule has 1 aliphatic rings. The number of aliphatic hydroxyl groups excluding tert-OH is 1. The van der Waals surface area contributed by atoms with Crippen molar-refractivity contribution in [2.45, 2.75) is 31.6 Å². The monoisotopic (exact) mass is 402 g/mol. The smallest absolute Gasteiger partial charge is 0.262 e. The lowest BCUT2D eigenvalue weighted by Gasteiger charge is -2.32. The number of piperidine rings is 1. The van der Waals surface area contributed by atoms with E-state index >= 15 is 0 Å². The summed E-state index contributed by atoms with van der Waals surface area (Å²) in [5.74, 6) is -0.0467. The maximum Gasteiger partial charge on any atom is 0.262 e. The highest BCUT2D eigenvalue weighted by Crippen LogP contribution is 2.23. The normalized spacial score (nSPS) is 17.4. The van der Waals surface area contributed by atoms with E-state index in [2.05, 4.69) is 4.72 Å². The Morgan fingerprint density at radius 2 is 2.00 bits per heavy atom. The molecule has 1 saturated heterocycles. The van der Waals surface area contributed by atoms with Gasteiger partial charge in [-0.2, -0.15) is 0 Å². The zero-order valence-corrected chi connectivity index (χ0v) is 17.0. The summed E-state index contributed by atoms with van der Waals surface area (Å²) < 4.78 is 28.2. The largest absolute Gasteiger partial charge is 0.396 e. The first-order valence-electron chi connectivity index (χ1n) is 9.40. The highest BCUT2D eigenvalue weighted by molar-refractivity contribution is 7.92. The summed E-state index contributed by atoms with van der Waals surface area (Å²) >= 11 is 0. The minimum Gasteiger partial charge on any atom is -0.396 e. The van der Waals surface area contributed by atoms with Crippen molar-refractivity contribution in [2.75, 3.05) is 24.4 Å². The molecule has 7 heteroatoms. The summed E-state index contributed by atoms with van der Waals surface area (Å²) in [6.45, 7) is 4.83. The second-order valence-electron chi connectivity index (χ2n) is 7.40. The highest BCUT2D eigenvalue weighted by Gasteiger charge is 2.24. The fourth-order valence-corrected chi connectivity index (χ4v) is 4.88. The van der Waals surface area contributed by atoms with Crippen LogP contribution in [0.4, 0.5) is 5.69 Å². The van der Waals surface area contributed by atoms with E-state index in [0.29, 0.717) is 29.9 Å². The molecule has 1 unspecified atom stereocenters. The van der Waals surface area contributed by atoms with Gasteiger partial charge in [0.25, 0.3) is 15.9 Å². The number of aliphatic hydroxyl groups is 1. The van der Waals surface area contributed by atoms with E-state index in [-0.39, 0.29) is 23.3 Å². The first kappa shape index (κ1) is 20.4. The summed E-state index contributed by atoms with van der Waals surface area (Å²) in [4.78, 5) is 14.8.